The van der Waals surface area contributed by atoms with Gasteiger partial charge >= 0.3 is 0 Å². The summed E-state index contributed by atoms with van der Waals surface area (Å²) in [5, 5.41) is 5.83. The Hall–Kier alpha value is -4.11. The maximum atomic E-state index is 13.7. The molecule has 228 valence electrons. The second-order valence-electron chi connectivity index (χ2n) is 11.1. The quantitative estimate of drug-likeness (QED) is 0.295. The zero-order valence-corrected chi connectivity index (χ0v) is 25.0. The molecule has 0 radical (unpaired) electrons. The van der Waals surface area contributed by atoms with Crippen LogP contribution in [0.4, 0.5) is 31.7 Å². The van der Waals surface area contributed by atoms with Crippen molar-refractivity contribution < 1.29 is 26.7 Å². The van der Waals surface area contributed by atoms with Crippen molar-refractivity contribution >= 4 is 50.0 Å². The molecule has 1 aliphatic heterocycles. The molecule has 2 atom stereocenters. The average molecular weight is 615 g/mol. The van der Waals surface area contributed by atoms with Crippen LogP contribution in [0.2, 0.25) is 0 Å². The molecule has 15 heteroatoms. The maximum Gasteiger partial charge on any atom is 0.260 e. The second-order valence-corrected chi connectivity index (χ2v) is 13.1. The molecule has 1 amide bonds. The minimum absolute atomic E-state index is 0.0594. The summed E-state index contributed by atoms with van der Waals surface area (Å²) in [6.45, 7) is 2.39. The lowest BCUT2D eigenvalue weighted by Crippen LogP contribution is -2.25. The number of halogens is 2. The molecule has 0 bridgehead atoms. The minimum Gasteiger partial charge on any atom is -0.358 e. The Morgan fingerprint density at radius 3 is 2.58 bits per heavy atom. The molecule has 12 nitrogen and oxygen atoms in total. The summed E-state index contributed by atoms with van der Waals surface area (Å²) in [4.78, 5) is 26.2. The van der Waals surface area contributed by atoms with Crippen LogP contribution in [0.3, 0.4) is 0 Å². The summed E-state index contributed by atoms with van der Waals surface area (Å²) in [5.74, 6) is -4.59. The van der Waals surface area contributed by atoms with Crippen molar-refractivity contribution in [1.82, 2.24) is 24.1 Å². The van der Waals surface area contributed by atoms with Crippen molar-refractivity contribution in [3.63, 3.8) is 0 Å². The third-order valence-electron chi connectivity index (χ3n) is 7.88. The molecule has 2 unspecified atom stereocenters. The van der Waals surface area contributed by atoms with Crippen LogP contribution < -0.4 is 14.9 Å². The Morgan fingerprint density at radius 1 is 1.19 bits per heavy atom. The highest BCUT2D eigenvalue weighted by Gasteiger charge is 2.61. The fourth-order valence-electron chi connectivity index (χ4n) is 5.33. The zero-order chi connectivity index (χ0) is 30.7. The number of sulfonamides is 1. The second kappa shape index (κ2) is 10.6. The predicted molar refractivity (Wildman–Crippen MR) is 158 cm³/mol. The van der Waals surface area contributed by atoms with E-state index >= 15 is 0 Å². The molecule has 2 fully saturated rings. The first kappa shape index (κ1) is 29.0. The van der Waals surface area contributed by atoms with Crippen LogP contribution in [0.1, 0.15) is 37.7 Å². The molecule has 43 heavy (non-hydrogen) atoms. The number of carbonyl (C=O) groups excluding carboxylic acids is 1. The molecule has 6 rings (SSSR count). The molecule has 3 aromatic heterocycles. The molecule has 2 N–H and O–H groups in total. The number of benzene rings is 1. The number of amides is 1. The number of carbonyl (C=O) groups is 1. The van der Waals surface area contributed by atoms with Gasteiger partial charge in [-0.2, -0.15) is 0 Å². The molecule has 4 aromatic rings. The van der Waals surface area contributed by atoms with E-state index in [1.165, 1.54) is 13.1 Å². The number of rotatable bonds is 8. The first-order valence-electron chi connectivity index (χ1n) is 13.8. The van der Waals surface area contributed by atoms with Gasteiger partial charge in [-0.15, -0.1) is 0 Å². The number of alkyl halides is 2. The first-order valence-corrected chi connectivity index (χ1v) is 15.7. The number of aryl methyl sites for hydroxylation is 2. The molecule has 0 spiro atoms. The van der Waals surface area contributed by atoms with Crippen molar-refractivity contribution in [1.29, 1.82) is 0 Å². The lowest BCUT2D eigenvalue weighted by Gasteiger charge is -2.25. The number of pyridine rings is 1. The summed E-state index contributed by atoms with van der Waals surface area (Å²) in [7, 11) is -0.382. The highest BCUT2D eigenvalue weighted by Crippen LogP contribution is 2.49. The lowest BCUT2D eigenvalue weighted by molar-refractivity contribution is -0.119. The van der Waals surface area contributed by atoms with Gasteiger partial charge in [-0.05, 0) is 38.3 Å². The predicted octanol–water partition coefficient (Wildman–Crippen LogP) is 4.57. The molecule has 1 aromatic carbocycles. The van der Waals surface area contributed by atoms with Crippen LogP contribution in [0, 0.1) is 12.8 Å². The largest absolute Gasteiger partial charge is 0.358 e. The number of hydrogen-bond acceptors (Lipinski definition) is 8. The van der Waals surface area contributed by atoms with Crippen LogP contribution >= 0.6 is 0 Å². The summed E-state index contributed by atoms with van der Waals surface area (Å²) >= 11 is 0. The van der Waals surface area contributed by atoms with E-state index in [1.807, 2.05) is 29.2 Å². The van der Waals surface area contributed by atoms with Crippen LogP contribution in [0.5, 0.6) is 0 Å². The van der Waals surface area contributed by atoms with E-state index in [1.54, 1.807) is 24.7 Å². The average Bonchev–Trinajstić information content (AvgIpc) is 3.23. The van der Waals surface area contributed by atoms with Gasteiger partial charge in [-0.1, -0.05) is 6.07 Å². The van der Waals surface area contributed by atoms with Crippen LogP contribution in [-0.4, -0.2) is 64.2 Å². The summed E-state index contributed by atoms with van der Waals surface area (Å²) in [6, 6.07) is 6.81. The Morgan fingerprint density at radius 2 is 1.95 bits per heavy atom. The number of hydrogen-bond donors (Lipinski definition) is 2. The topological polar surface area (TPSA) is 136 Å². The highest BCUT2D eigenvalue weighted by atomic mass is 32.2. The third-order valence-corrected chi connectivity index (χ3v) is 9.07. The van der Waals surface area contributed by atoms with Crippen LogP contribution in [0.25, 0.3) is 22.4 Å². The van der Waals surface area contributed by atoms with Gasteiger partial charge in [0.15, 0.2) is 5.65 Å². The Kier molecular flexibility index (Phi) is 7.12. The number of anilines is 4. The molecule has 4 heterocycles. The Labute approximate surface area is 247 Å². The van der Waals surface area contributed by atoms with E-state index < -0.39 is 34.2 Å². The van der Waals surface area contributed by atoms with Gasteiger partial charge in [0.25, 0.3) is 5.92 Å². The molecule has 1 saturated carbocycles. The van der Waals surface area contributed by atoms with Gasteiger partial charge in [-0.25, -0.2) is 32.2 Å². The lowest BCUT2D eigenvalue weighted by atomic mass is 10.1. The summed E-state index contributed by atoms with van der Waals surface area (Å²) in [5.41, 5.74) is 3.55. The van der Waals surface area contributed by atoms with Crippen molar-refractivity contribution in [2.24, 2.45) is 13.0 Å². The molecule has 1 aliphatic carbocycles. The van der Waals surface area contributed by atoms with Gasteiger partial charge in [0.2, 0.25) is 15.9 Å². The van der Waals surface area contributed by atoms with E-state index in [9.17, 15) is 22.0 Å². The van der Waals surface area contributed by atoms with E-state index in [4.69, 9.17) is 9.72 Å². The molecular formula is C28H32F2N8O4S. The Bertz CT molecular complexity index is 1830. The van der Waals surface area contributed by atoms with Gasteiger partial charge < -0.3 is 19.9 Å². The number of ether oxygens (including phenoxy) is 1. The maximum absolute atomic E-state index is 13.7. The van der Waals surface area contributed by atoms with Gasteiger partial charge in [0.05, 0.1) is 41.5 Å². The number of nitrogens with one attached hydrogen (secondary N) is 2. The fraction of sp³-hybridized carbons (Fsp3) is 0.429. The molecule has 1 saturated heterocycles. The molecule has 2 aliphatic rings. The van der Waals surface area contributed by atoms with Gasteiger partial charge in [-0.3, -0.25) is 13.7 Å². The van der Waals surface area contributed by atoms with E-state index in [0.29, 0.717) is 40.7 Å². The van der Waals surface area contributed by atoms with Crippen LogP contribution in [-0.2, 0) is 26.6 Å². The smallest absolute Gasteiger partial charge is 0.260 e. The minimum atomic E-state index is -3.67. The Balaban J connectivity index is 1.47. The van der Waals surface area contributed by atoms with Gasteiger partial charge in [0, 0.05) is 38.8 Å². The summed E-state index contributed by atoms with van der Waals surface area (Å²) in [6.07, 6.45) is 6.22. The van der Waals surface area contributed by atoms with Crippen LogP contribution in [0.15, 0.2) is 36.8 Å². The number of imidazole rings is 2. The standard InChI is InChI=1S/C28H32F2N8O4S/c1-16-32-25-20(33-19-9-8-17(22-14-31-15-36(22)2)11-21(19)37(3)43(4,40)41)12-23(35-27(39)18-13-28(18,29)30)34-26(25)38(16)24-7-5-6-10-42-24/h8-9,11-12,14-15,18,24H,5-7,10,13H2,1-4H3,(H2,33,34,35,39). The fourth-order valence-corrected chi connectivity index (χ4v) is 5.84. The number of fused-ring (bicyclic) bond motifs is 1. The normalized spacial score (nSPS) is 19.8. The molecular weight excluding hydrogens is 582 g/mol. The van der Waals surface area contributed by atoms with Gasteiger partial charge in [0.1, 0.15) is 29.3 Å². The van der Waals surface area contributed by atoms with E-state index in [-0.39, 0.29) is 12.0 Å². The number of nitrogens with zero attached hydrogens (tertiary/aromatic N) is 6. The number of aromatic nitrogens is 5. The summed E-state index contributed by atoms with van der Waals surface area (Å²) < 4.78 is 63.5. The van der Waals surface area contributed by atoms with E-state index in [0.717, 1.165) is 41.1 Å². The van der Waals surface area contributed by atoms with Crippen molar-refractivity contribution in [3.8, 4) is 11.3 Å². The van der Waals surface area contributed by atoms with E-state index in [2.05, 4.69) is 20.6 Å². The van der Waals surface area contributed by atoms with Crippen molar-refractivity contribution in [2.75, 3.05) is 34.8 Å². The zero-order valence-electron chi connectivity index (χ0n) is 24.1. The monoisotopic (exact) mass is 614 g/mol. The first-order chi connectivity index (χ1) is 20.3. The SMILES string of the molecule is Cc1nc2c(Nc3ccc(-c4cncn4C)cc3N(C)S(C)(=O)=O)cc(NC(=O)C3CC3(F)F)nc2n1C1CCCCO1. The third kappa shape index (κ3) is 5.54. The highest BCUT2D eigenvalue weighted by molar-refractivity contribution is 7.92. The van der Waals surface area contributed by atoms with Crippen molar-refractivity contribution in [3.05, 3.63) is 42.6 Å². The van der Waals surface area contributed by atoms with Crippen molar-refractivity contribution in [2.45, 2.75) is 44.8 Å².